The number of aliphatic hydroxyl groups excluding tert-OH is 1. The molecule has 2 aromatic rings. The molecule has 19 heavy (non-hydrogen) atoms. The van der Waals surface area contributed by atoms with Gasteiger partial charge in [-0.3, -0.25) is 4.79 Å². The minimum Gasteiger partial charge on any atom is -0.396 e. The highest BCUT2D eigenvalue weighted by atomic mass is 79.9. The number of aromatic amines is 1. The molecular formula is C14H15BrN2O2. The molecule has 1 aromatic heterocycles. The van der Waals surface area contributed by atoms with Crippen molar-refractivity contribution >= 4 is 32.7 Å². The van der Waals surface area contributed by atoms with Crippen molar-refractivity contribution in [1.29, 1.82) is 0 Å². The zero-order valence-electron chi connectivity index (χ0n) is 10.4. The number of nitrogens with two attached hydrogens (primary N) is 1. The van der Waals surface area contributed by atoms with Gasteiger partial charge in [-0.05, 0) is 42.9 Å². The van der Waals surface area contributed by atoms with Crippen LogP contribution in [0.25, 0.3) is 10.9 Å². The number of amides is 1. The fraction of sp³-hybridized carbons (Fsp3) is 0.357. The van der Waals surface area contributed by atoms with Gasteiger partial charge in [0, 0.05) is 22.2 Å². The molecule has 0 saturated carbocycles. The van der Waals surface area contributed by atoms with Gasteiger partial charge in [0.1, 0.15) is 0 Å². The van der Waals surface area contributed by atoms with Crippen molar-refractivity contribution in [3.8, 4) is 0 Å². The summed E-state index contributed by atoms with van der Waals surface area (Å²) in [5, 5.41) is 10.3. The minimum absolute atomic E-state index is 0.207. The number of hydrogen-bond acceptors (Lipinski definition) is 2. The number of primary amides is 1. The van der Waals surface area contributed by atoms with Gasteiger partial charge in [0.2, 0.25) is 0 Å². The summed E-state index contributed by atoms with van der Waals surface area (Å²) in [6.07, 6.45) is 2.72. The van der Waals surface area contributed by atoms with E-state index in [0.29, 0.717) is 11.5 Å². The predicted octanol–water partition coefficient (Wildman–Crippen LogP) is 2.13. The Balaban J connectivity index is 2.24. The Morgan fingerprint density at radius 1 is 1.53 bits per heavy atom. The summed E-state index contributed by atoms with van der Waals surface area (Å²) in [4.78, 5) is 14.8. The molecule has 1 unspecified atom stereocenters. The molecule has 0 saturated heterocycles. The third-order valence-electron chi connectivity index (χ3n) is 3.92. The molecule has 3 rings (SSSR count). The maximum absolute atomic E-state index is 11.5. The lowest BCUT2D eigenvalue weighted by Gasteiger charge is -2.20. The summed E-state index contributed by atoms with van der Waals surface area (Å²) >= 11 is 3.55. The van der Waals surface area contributed by atoms with E-state index in [-0.39, 0.29) is 6.61 Å². The normalized spacial score (nSPS) is 18.5. The predicted molar refractivity (Wildman–Crippen MR) is 77.1 cm³/mol. The largest absolute Gasteiger partial charge is 0.396 e. The first-order chi connectivity index (χ1) is 9.11. The molecule has 0 fully saturated rings. The number of fused-ring (bicyclic) bond motifs is 3. The van der Waals surface area contributed by atoms with Gasteiger partial charge in [-0.1, -0.05) is 15.9 Å². The molecule has 0 radical (unpaired) electrons. The van der Waals surface area contributed by atoms with Crippen LogP contribution in [0.15, 0.2) is 16.6 Å². The molecule has 1 amide bonds. The van der Waals surface area contributed by atoms with Gasteiger partial charge in [0.05, 0.1) is 11.1 Å². The number of carbonyl (C=O) groups is 1. The molecule has 1 aliphatic rings. The Morgan fingerprint density at radius 2 is 2.32 bits per heavy atom. The number of rotatable bonds is 2. The number of H-pyrrole nitrogens is 1. The van der Waals surface area contributed by atoms with Crippen LogP contribution < -0.4 is 5.73 Å². The van der Waals surface area contributed by atoms with E-state index in [1.807, 2.05) is 6.07 Å². The van der Waals surface area contributed by atoms with Crippen molar-refractivity contribution in [3.63, 3.8) is 0 Å². The second-order valence-corrected chi connectivity index (χ2v) is 5.94. The summed E-state index contributed by atoms with van der Waals surface area (Å²) in [5.41, 5.74) is 9.12. The lowest BCUT2D eigenvalue weighted by Crippen LogP contribution is -2.16. The van der Waals surface area contributed by atoms with Crippen LogP contribution in [0.5, 0.6) is 0 Å². The van der Waals surface area contributed by atoms with Crippen molar-refractivity contribution < 1.29 is 9.90 Å². The number of nitrogens with one attached hydrogen (secondary N) is 1. The standard InChI is InChI=1S/C14H15BrN2O2/c15-10-4-3-9(14(16)19)13-12(10)8-2-1-7(6-18)5-11(8)17-13/h3-4,7,17-18H,1-2,5-6H2,(H2,16,19). The summed E-state index contributed by atoms with van der Waals surface area (Å²) in [6, 6.07) is 3.61. The van der Waals surface area contributed by atoms with Crippen LogP contribution >= 0.6 is 15.9 Å². The molecule has 4 nitrogen and oxygen atoms in total. The molecular weight excluding hydrogens is 308 g/mol. The molecule has 4 N–H and O–H groups in total. The van der Waals surface area contributed by atoms with E-state index in [1.165, 1.54) is 5.56 Å². The first-order valence-corrected chi connectivity index (χ1v) is 7.13. The van der Waals surface area contributed by atoms with Crippen molar-refractivity contribution in [2.75, 3.05) is 6.61 Å². The van der Waals surface area contributed by atoms with E-state index in [1.54, 1.807) is 6.07 Å². The first kappa shape index (κ1) is 12.7. The number of hydrogen-bond donors (Lipinski definition) is 3. The Kier molecular flexibility index (Phi) is 3.11. The first-order valence-electron chi connectivity index (χ1n) is 6.34. The Labute approximate surface area is 119 Å². The zero-order chi connectivity index (χ0) is 13.6. The quantitative estimate of drug-likeness (QED) is 0.791. The second kappa shape index (κ2) is 4.65. The number of aromatic nitrogens is 1. The van der Waals surface area contributed by atoms with E-state index < -0.39 is 5.91 Å². The molecule has 1 aliphatic carbocycles. The zero-order valence-corrected chi connectivity index (χ0v) is 12.0. The van der Waals surface area contributed by atoms with Gasteiger partial charge in [0.25, 0.3) is 5.91 Å². The third-order valence-corrected chi connectivity index (χ3v) is 4.58. The van der Waals surface area contributed by atoms with E-state index in [0.717, 1.165) is 40.3 Å². The summed E-state index contributed by atoms with van der Waals surface area (Å²) in [5.74, 6) is -0.119. The van der Waals surface area contributed by atoms with Gasteiger partial charge in [0.15, 0.2) is 0 Å². The molecule has 0 bridgehead atoms. The highest BCUT2D eigenvalue weighted by Crippen LogP contribution is 2.36. The molecule has 0 spiro atoms. The van der Waals surface area contributed by atoms with Gasteiger partial charge < -0.3 is 15.8 Å². The molecule has 5 heteroatoms. The minimum atomic E-state index is -0.421. The van der Waals surface area contributed by atoms with Crippen molar-refractivity contribution in [2.24, 2.45) is 11.7 Å². The van der Waals surface area contributed by atoms with E-state index in [4.69, 9.17) is 5.73 Å². The van der Waals surface area contributed by atoms with Crippen LogP contribution in [-0.2, 0) is 12.8 Å². The van der Waals surface area contributed by atoms with Gasteiger partial charge in [-0.25, -0.2) is 0 Å². The lowest BCUT2D eigenvalue weighted by molar-refractivity contribution is 0.100. The van der Waals surface area contributed by atoms with Crippen molar-refractivity contribution in [1.82, 2.24) is 4.98 Å². The summed E-state index contributed by atoms with van der Waals surface area (Å²) in [7, 11) is 0. The molecule has 1 heterocycles. The van der Waals surface area contributed by atoms with Crippen LogP contribution in [0.3, 0.4) is 0 Å². The van der Waals surface area contributed by atoms with Gasteiger partial charge in [-0.15, -0.1) is 0 Å². The molecule has 0 aliphatic heterocycles. The lowest BCUT2D eigenvalue weighted by atomic mass is 9.87. The summed E-state index contributed by atoms with van der Waals surface area (Å²) < 4.78 is 0.979. The maximum Gasteiger partial charge on any atom is 0.250 e. The molecule has 1 aromatic carbocycles. The van der Waals surface area contributed by atoms with E-state index >= 15 is 0 Å². The van der Waals surface area contributed by atoms with Crippen molar-refractivity contribution in [2.45, 2.75) is 19.3 Å². The smallest absolute Gasteiger partial charge is 0.250 e. The van der Waals surface area contributed by atoms with Crippen LogP contribution in [0.1, 0.15) is 28.0 Å². The maximum atomic E-state index is 11.5. The number of aryl methyl sites for hydroxylation is 1. The van der Waals surface area contributed by atoms with E-state index in [9.17, 15) is 9.90 Å². The number of carbonyl (C=O) groups excluding carboxylic acids is 1. The van der Waals surface area contributed by atoms with Crippen LogP contribution in [0, 0.1) is 5.92 Å². The monoisotopic (exact) mass is 322 g/mol. The van der Waals surface area contributed by atoms with Gasteiger partial charge in [-0.2, -0.15) is 0 Å². The average molecular weight is 323 g/mol. The van der Waals surface area contributed by atoms with Crippen LogP contribution in [0.4, 0.5) is 0 Å². The number of benzene rings is 1. The Morgan fingerprint density at radius 3 is 3.00 bits per heavy atom. The summed E-state index contributed by atoms with van der Waals surface area (Å²) in [6.45, 7) is 0.207. The second-order valence-electron chi connectivity index (χ2n) is 5.08. The van der Waals surface area contributed by atoms with Crippen molar-refractivity contribution in [3.05, 3.63) is 33.4 Å². The average Bonchev–Trinajstić information content (AvgIpc) is 2.77. The number of halogens is 1. The number of aliphatic hydroxyl groups is 1. The Hall–Kier alpha value is -1.33. The van der Waals surface area contributed by atoms with E-state index in [2.05, 4.69) is 20.9 Å². The highest BCUT2D eigenvalue weighted by molar-refractivity contribution is 9.10. The molecule has 1 atom stereocenters. The molecule has 100 valence electrons. The highest BCUT2D eigenvalue weighted by Gasteiger charge is 2.24. The third kappa shape index (κ3) is 1.97. The SMILES string of the molecule is NC(=O)c1ccc(Br)c2c3c([nH]c12)CC(CO)CC3. The van der Waals surface area contributed by atoms with Crippen LogP contribution in [0.2, 0.25) is 0 Å². The van der Waals surface area contributed by atoms with Crippen LogP contribution in [-0.4, -0.2) is 22.6 Å². The topological polar surface area (TPSA) is 79.1 Å². The fourth-order valence-corrected chi connectivity index (χ4v) is 3.50. The fourth-order valence-electron chi connectivity index (χ4n) is 2.93. The van der Waals surface area contributed by atoms with Gasteiger partial charge >= 0.3 is 0 Å². The Bertz CT molecular complexity index is 663.